The molecule has 0 spiro atoms. The lowest BCUT2D eigenvalue weighted by atomic mass is 10.1. The third-order valence-corrected chi connectivity index (χ3v) is 4.72. The summed E-state index contributed by atoms with van der Waals surface area (Å²) in [7, 11) is 2.16. The zero-order valence-electron chi connectivity index (χ0n) is 17.6. The van der Waals surface area contributed by atoms with Gasteiger partial charge in [0.25, 0.3) is 0 Å². The van der Waals surface area contributed by atoms with Gasteiger partial charge in [-0.25, -0.2) is 4.99 Å². The van der Waals surface area contributed by atoms with E-state index in [1.165, 1.54) is 6.42 Å². The molecule has 0 aliphatic carbocycles. The molecule has 0 unspecified atom stereocenters. The van der Waals surface area contributed by atoms with Crippen LogP contribution in [0.5, 0.6) is 5.75 Å². The molecule has 29 heavy (non-hydrogen) atoms. The molecular formula is C20H34F2IN5O. The van der Waals surface area contributed by atoms with Crippen molar-refractivity contribution in [3.63, 3.8) is 0 Å². The first kappa shape index (κ1) is 25.8. The molecule has 166 valence electrons. The summed E-state index contributed by atoms with van der Waals surface area (Å²) in [6.07, 6.45) is 1.19. The highest BCUT2D eigenvalue weighted by Gasteiger charge is 2.12. The Kier molecular flexibility index (Phi) is 12.4. The predicted molar refractivity (Wildman–Crippen MR) is 125 cm³/mol. The van der Waals surface area contributed by atoms with Crippen LogP contribution in [0.4, 0.5) is 8.78 Å². The molecule has 1 saturated heterocycles. The van der Waals surface area contributed by atoms with Gasteiger partial charge in [0.1, 0.15) is 5.75 Å². The van der Waals surface area contributed by atoms with E-state index in [-0.39, 0.29) is 36.3 Å². The predicted octanol–water partition coefficient (Wildman–Crippen LogP) is 2.91. The highest BCUT2D eigenvalue weighted by Crippen LogP contribution is 2.22. The average Bonchev–Trinajstić information content (AvgIpc) is 2.85. The van der Waals surface area contributed by atoms with Gasteiger partial charge in [-0.05, 0) is 46.5 Å². The molecule has 0 bridgehead atoms. The minimum absolute atomic E-state index is 0. The van der Waals surface area contributed by atoms with Gasteiger partial charge in [0.05, 0.1) is 6.54 Å². The molecule has 0 radical (unpaired) electrons. The second-order valence-corrected chi connectivity index (χ2v) is 7.11. The number of hydrogen-bond donors (Lipinski definition) is 2. The van der Waals surface area contributed by atoms with Crippen molar-refractivity contribution in [2.24, 2.45) is 4.99 Å². The van der Waals surface area contributed by atoms with E-state index in [2.05, 4.69) is 37.2 Å². The molecule has 1 fully saturated rings. The van der Waals surface area contributed by atoms with Crippen molar-refractivity contribution in [3.05, 3.63) is 29.3 Å². The van der Waals surface area contributed by atoms with Crippen LogP contribution in [0.15, 0.2) is 23.2 Å². The molecule has 1 heterocycles. The molecule has 6 nitrogen and oxygen atoms in total. The number of guanidine groups is 1. The van der Waals surface area contributed by atoms with Gasteiger partial charge in [0.2, 0.25) is 0 Å². The van der Waals surface area contributed by atoms with Crippen LogP contribution in [-0.2, 0) is 6.54 Å². The third kappa shape index (κ3) is 9.90. The maximum Gasteiger partial charge on any atom is 0.387 e. The number of ether oxygens (including phenoxy) is 1. The molecule has 0 amide bonds. The number of halogens is 3. The maximum atomic E-state index is 12.6. The summed E-state index contributed by atoms with van der Waals surface area (Å²) in [5, 5.41) is 6.55. The Balaban J connectivity index is 0.00000420. The smallest absolute Gasteiger partial charge is 0.387 e. The van der Waals surface area contributed by atoms with Crippen LogP contribution < -0.4 is 15.4 Å². The van der Waals surface area contributed by atoms with Crippen molar-refractivity contribution in [1.29, 1.82) is 0 Å². The first-order chi connectivity index (χ1) is 13.5. The molecule has 1 aliphatic rings. The van der Waals surface area contributed by atoms with Gasteiger partial charge in [0.15, 0.2) is 5.96 Å². The van der Waals surface area contributed by atoms with Crippen molar-refractivity contribution < 1.29 is 13.5 Å². The number of hydrogen-bond acceptors (Lipinski definition) is 4. The monoisotopic (exact) mass is 525 g/mol. The van der Waals surface area contributed by atoms with Gasteiger partial charge in [-0.15, -0.1) is 24.0 Å². The lowest BCUT2D eigenvalue weighted by molar-refractivity contribution is -0.0504. The van der Waals surface area contributed by atoms with Crippen molar-refractivity contribution in [2.45, 2.75) is 33.4 Å². The minimum atomic E-state index is -2.84. The second-order valence-electron chi connectivity index (χ2n) is 7.11. The fourth-order valence-electron chi connectivity index (χ4n) is 3.20. The second kappa shape index (κ2) is 13.9. The quantitative estimate of drug-likeness (QED) is 0.311. The molecule has 0 atom stereocenters. The molecule has 1 aromatic rings. The van der Waals surface area contributed by atoms with E-state index in [0.717, 1.165) is 51.4 Å². The van der Waals surface area contributed by atoms with Crippen molar-refractivity contribution >= 4 is 29.9 Å². The highest BCUT2D eigenvalue weighted by atomic mass is 127. The zero-order chi connectivity index (χ0) is 20.4. The van der Waals surface area contributed by atoms with Crippen molar-refractivity contribution in [2.75, 3.05) is 52.9 Å². The summed E-state index contributed by atoms with van der Waals surface area (Å²) < 4.78 is 29.9. The van der Waals surface area contributed by atoms with E-state index in [1.54, 1.807) is 12.1 Å². The topological polar surface area (TPSA) is 52.1 Å². The first-order valence-corrected chi connectivity index (χ1v) is 9.95. The van der Waals surface area contributed by atoms with Crippen LogP contribution in [-0.4, -0.2) is 75.2 Å². The highest BCUT2D eigenvalue weighted by molar-refractivity contribution is 14.0. The number of aryl methyl sites for hydroxylation is 1. The van der Waals surface area contributed by atoms with E-state index in [9.17, 15) is 8.78 Å². The Morgan fingerprint density at radius 3 is 2.72 bits per heavy atom. The molecule has 1 aliphatic heterocycles. The Morgan fingerprint density at radius 1 is 1.21 bits per heavy atom. The van der Waals surface area contributed by atoms with Crippen molar-refractivity contribution in [3.8, 4) is 5.75 Å². The maximum absolute atomic E-state index is 12.6. The number of nitrogens with zero attached hydrogens (tertiary/aromatic N) is 3. The molecule has 0 saturated carbocycles. The SMILES string of the molecule is CCNC(=NCc1cc(C)ccc1OC(F)F)NCCN1CCCN(C)CC1.I. The van der Waals surface area contributed by atoms with E-state index in [4.69, 9.17) is 0 Å². The van der Waals surface area contributed by atoms with Crippen LogP contribution in [0.25, 0.3) is 0 Å². The molecule has 2 rings (SSSR count). The molecule has 2 N–H and O–H groups in total. The molecule has 0 aromatic heterocycles. The van der Waals surface area contributed by atoms with Gasteiger partial charge < -0.3 is 25.2 Å². The number of nitrogens with one attached hydrogen (secondary N) is 2. The van der Waals surface area contributed by atoms with Crippen LogP contribution in [0.3, 0.4) is 0 Å². The van der Waals surface area contributed by atoms with Crippen LogP contribution in [0, 0.1) is 6.92 Å². The van der Waals surface area contributed by atoms with Gasteiger partial charge in [-0.2, -0.15) is 8.78 Å². The number of benzene rings is 1. The fraction of sp³-hybridized carbons (Fsp3) is 0.650. The number of aliphatic imine (C=N–C) groups is 1. The number of alkyl halides is 2. The molecule has 9 heteroatoms. The van der Waals surface area contributed by atoms with E-state index in [1.807, 2.05) is 19.9 Å². The molecular weight excluding hydrogens is 491 g/mol. The standard InChI is InChI=1S/C20H33F2N5O.HI/c1-4-23-20(24-8-11-27-10-5-9-26(3)12-13-27)25-15-17-14-16(2)6-7-18(17)28-19(21)22;/h6-7,14,19H,4-5,8-13,15H2,1-3H3,(H2,23,24,25);1H. The summed E-state index contributed by atoms with van der Waals surface area (Å²) in [6, 6.07) is 5.16. The van der Waals surface area contributed by atoms with E-state index >= 15 is 0 Å². The van der Waals surface area contributed by atoms with E-state index in [0.29, 0.717) is 11.5 Å². The first-order valence-electron chi connectivity index (χ1n) is 9.95. The average molecular weight is 525 g/mol. The Morgan fingerprint density at radius 2 is 2.00 bits per heavy atom. The summed E-state index contributed by atoms with van der Waals surface area (Å²) in [5.41, 5.74) is 1.63. The lowest BCUT2D eigenvalue weighted by Gasteiger charge is -2.21. The minimum Gasteiger partial charge on any atom is -0.434 e. The summed E-state index contributed by atoms with van der Waals surface area (Å²) in [6.45, 7) is 8.22. The summed E-state index contributed by atoms with van der Waals surface area (Å²) in [5.74, 6) is 0.854. The summed E-state index contributed by atoms with van der Waals surface area (Å²) in [4.78, 5) is 9.36. The van der Waals surface area contributed by atoms with E-state index < -0.39 is 6.61 Å². The Bertz CT molecular complexity index is 633. The van der Waals surface area contributed by atoms with Gasteiger partial charge in [-0.3, -0.25) is 0 Å². The number of likely N-dealkylation sites (N-methyl/N-ethyl adjacent to an activating group) is 1. The van der Waals surface area contributed by atoms with Crippen molar-refractivity contribution in [1.82, 2.24) is 20.4 Å². The molecule has 1 aromatic carbocycles. The van der Waals surface area contributed by atoms with Crippen LogP contribution in [0.1, 0.15) is 24.5 Å². The van der Waals surface area contributed by atoms with Gasteiger partial charge in [0, 0.05) is 38.3 Å². The van der Waals surface area contributed by atoms with Gasteiger partial charge in [-0.1, -0.05) is 17.7 Å². The van der Waals surface area contributed by atoms with Gasteiger partial charge >= 0.3 is 6.61 Å². The third-order valence-electron chi connectivity index (χ3n) is 4.72. The fourth-order valence-corrected chi connectivity index (χ4v) is 3.20. The lowest BCUT2D eigenvalue weighted by Crippen LogP contribution is -2.42. The van der Waals surface area contributed by atoms with Crippen LogP contribution >= 0.6 is 24.0 Å². The number of rotatable bonds is 8. The Hall–Kier alpha value is -1.20. The zero-order valence-corrected chi connectivity index (χ0v) is 19.9. The Labute approximate surface area is 190 Å². The van der Waals surface area contributed by atoms with Crippen LogP contribution in [0.2, 0.25) is 0 Å². The normalized spacial score (nSPS) is 16.3. The largest absolute Gasteiger partial charge is 0.434 e. The summed E-state index contributed by atoms with van der Waals surface area (Å²) >= 11 is 0.